The van der Waals surface area contributed by atoms with Gasteiger partial charge >= 0.3 is 0 Å². The third-order valence-corrected chi connectivity index (χ3v) is 7.41. The molecular formula is C28H29N5O2. The van der Waals surface area contributed by atoms with Crippen LogP contribution in [0.4, 0.5) is 0 Å². The summed E-state index contributed by atoms with van der Waals surface area (Å²) in [7, 11) is 0. The van der Waals surface area contributed by atoms with Gasteiger partial charge in [0, 0.05) is 48.5 Å². The topological polar surface area (TPSA) is 74.2 Å². The van der Waals surface area contributed by atoms with Crippen molar-refractivity contribution >= 4 is 22.7 Å². The SMILES string of the molecule is O=C1[C@H]2Cc3c([nH]c4ccccc34)C(CCc3ccccc3)N2C(=O)CN1CCCn1ccnc1. The van der Waals surface area contributed by atoms with E-state index in [0.29, 0.717) is 13.0 Å². The molecule has 1 N–H and O–H groups in total. The number of H-pyrrole nitrogens is 1. The molecule has 0 aliphatic carbocycles. The number of carbonyl (C=O) groups excluding carboxylic acids is 2. The molecule has 4 heterocycles. The van der Waals surface area contributed by atoms with Gasteiger partial charge in [0.05, 0.1) is 18.9 Å². The first-order chi connectivity index (χ1) is 17.2. The summed E-state index contributed by atoms with van der Waals surface area (Å²) in [5.74, 6) is 0.107. The Morgan fingerprint density at radius 3 is 2.66 bits per heavy atom. The summed E-state index contributed by atoms with van der Waals surface area (Å²) in [6, 6.07) is 18.0. The predicted octanol–water partition coefficient (Wildman–Crippen LogP) is 3.72. The van der Waals surface area contributed by atoms with Crippen LogP contribution >= 0.6 is 0 Å². The van der Waals surface area contributed by atoms with Crippen molar-refractivity contribution in [1.82, 2.24) is 24.3 Å². The second-order valence-electron chi connectivity index (χ2n) is 9.54. The molecule has 0 bridgehead atoms. The average Bonchev–Trinajstić information content (AvgIpc) is 3.53. The van der Waals surface area contributed by atoms with Crippen LogP contribution in [0.15, 0.2) is 73.3 Å². The van der Waals surface area contributed by atoms with E-state index in [1.807, 2.05) is 46.0 Å². The number of para-hydroxylation sites is 1. The first-order valence-corrected chi connectivity index (χ1v) is 12.4. The molecule has 35 heavy (non-hydrogen) atoms. The maximum atomic E-state index is 13.7. The molecule has 1 unspecified atom stereocenters. The minimum atomic E-state index is -0.447. The largest absolute Gasteiger partial charge is 0.356 e. The number of piperazine rings is 1. The van der Waals surface area contributed by atoms with Crippen molar-refractivity contribution in [3.8, 4) is 0 Å². The molecule has 2 amide bonds. The minimum absolute atomic E-state index is 0.0413. The van der Waals surface area contributed by atoms with Crippen molar-refractivity contribution in [2.24, 2.45) is 0 Å². The Kier molecular flexibility index (Phi) is 5.60. The van der Waals surface area contributed by atoms with Gasteiger partial charge in [0.15, 0.2) is 0 Å². The van der Waals surface area contributed by atoms with Crippen molar-refractivity contribution in [3.63, 3.8) is 0 Å². The van der Waals surface area contributed by atoms with Crippen LogP contribution in [0.2, 0.25) is 0 Å². The number of nitrogens with zero attached hydrogens (tertiary/aromatic N) is 4. The Hall–Kier alpha value is -3.87. The van der Waals surface area contributed by atoms with Gasteiger partial charge in [-0.05, 0) is 36.5 Å². The second-order valence-corrected chi connectivity index (χ2v) is 9.54. The smallest absolute Gasteiger partial charge is 0.246 e. The first kappa shape index (κ1) is 21.6. The quantitative estimate of drug-likeness (QED) is 0.450. The highest BCUT2D eigenvalue weighted by molar-refractivity contribution is 5.97. The summed E-state index contributed by atoms with van der Waals surface area (Å²) in [5.41, 5.74) is 4.58. The number of carbonyl (C=O) groups is 2. The number of aromatic amines is 1. The van der Waals surface area contributed by atoms with E-state index in [9.17, 15) is 9.59 Å². The number of benzene rings is 2. The van der Waals surface area contributed by atoms with Gasteiger partial charge in [-0.2, -0.15) is 0 Å². The van der Waals surface area contributed by atoms with Crippen LogP contribution in [0.5, 0.6) is 0 Å². The number of hydrogen-bond acceptors (Lipinski definition) is 3. The Morgan fingerprint density at radius 2 is 1.83 bits per heavy atom. The standard InChI is InChI=1S/C28H29N5O2/c34-26-18-32(15-6-14-31-16-13-29-19-31)28(35)25-17-22-21-9-4-5-10-23(21)30-27(22)24(33(25)26)12-11-20-7-2-1-3-8-20/h1-5,7-10,13,16,19,24-25,30H,6,11-12,14-15,17-18H2/t24?,25-/m1/s1. The van der Waals surface area contributed by atoms with Crippen molar-refractivity contribution < 1.29 is 9.59 Å². The van der Waals surface area contributed by atoms with E-state index < -0.39 is 6.04 Å². The van der Waals surface area contributed by atoms with Crippen LogP contribution < -0.4 is 0 Å². The molecule has 2 atom stereocenters. The number of nitrogens with one attached hydrogen (secondary N) is 1. The van der Waals surface area contributed by atoms with E-state index in [-0.39, 0.29) is 24.4 Å². The highest BCUT2D eigenvalue weighted by Gasteiger charge is 2.47. The molecule has 1 fully saturated rings. The summed E-state index contributed by atoms with van der Waals surface area (Å²) in [6.45, 7) is 1.50. The number of aromatic nitrogens is 3. The van der Waals surface area contributed by atoms with E-state index in [2.05, 4.69) is 34.2 Å². The summed E-state index contributed by atoms with van der Waals surface area (Å²) < 4.78 is 2.00. The number of aryl methyl sites for hydroxylation is 2. The van der Waals surface area contributed by atoms with Crippen molar-refractivity contribution in [3.05, 3.63) is 90.1 Å². The number of amides is 2. The lowest BCUT2D eigenvalue weighted by Gasteiger charge is -2.47. The maximum absolute atomic E-state index is 13.7. The summed E-state index contributed by atoms with van der Waals surface area (Å²) in [4.78, 5) is 38.5. The third kappa shape index (κ3) is 4.01. The summed E-state index contributed by atoms with van der Waals surface area (Å²) >= 11 is 0. The molecule has 2 aromatic carbocycles. The zero-order chi connectivity index (χ0) is 23.8. The Bertz CT molecular complexity index is 1340. The lowest BCUT2D eigenvalue weighted by atomic mass is 9.86. The van der Waals surface area contributed by atoms with Crippen LogP contribution in [0.3, 0.4) is 0 Å². The Labute approximate surface area is 204 Å². The molecule has 7 heteroatoms. The molecular weight excluding hydrogens is 438 g/mol. The van der Waals surface area contributed by atoms with Gasteiger partial charge in [-0.1, -0.05) is 48.5 Å². The lowest BCUT2D eigenvalue weighted by Crippen LogP contribution is -2.63. The molecule has 0 spiro atoms. The maximum Gasteiger partial charge on any atom is 0.246 e. The normalized spacial score (nSPS) is 19.8. The van der Waals surface area contributed by atoms with E-state index in [1.165, 1.54) is 11.1 Å². The van der Waals surface area contributed by atoms with E-state index >= 15 is 0 Å². The minimum Gasteiger partial charge on any atom is -0.356 e. The van der Waals surface area contributed by atoms with Gasteiger partial charge in [-0.15, -0.1) is 0 Å². The van der Waals surface area contributed by atoms with Gasteiger partial charge in [0.25, 0.3) is 0 Å². The van der Waals surface area contributed by atoms with Crippen molar-refractivity contribution in [2.75, 3.05) is 13.1 Å². The highest BCUT2D eigenvalue weighted by atomic mass is 16.2. The monoisotopic (exact) mass is 467 g/mol. The van der Waals surface area contributed by atoms with E-state index in [1.54, 1.807) is 17.4 Å². The van der Waals surface area contributed by atoms with Crippen LogP contribution in [0, 0.1) is 0 Å². The highest BCUT2D eigenvalue weighted by Crippen LogP contribution is 2.41. The predicted molar refractivity (Wildman–Crippen MR) is 134 cm³/mol. The van der Waals surface area contributed by atoms with Crippen LogP contribution in [-0.2, 0) is 29.0 Å². The molecule has 2 aliphatic rings. The second kappa shape index (κ2) is 9.06. The summed E-state index contributed by atoms with van der Waals surface area (Å²) in [5, 5.41) is 1.16. The molecule has 6 rings (SSSR count). The van der Waals surface area contributed by atoms with Gasteiger partial charge in [0.2, 0.25) is 11.8 Å². The molecule has 0 radical (unpaired) electrons. The number of fused-ring (bicyclic) bond motifs is 4. The molecule has 2 aromatic heterocycles. The van der Waals surface area contributed by atoms with Gasteiger partial charge in [-0.25, -0.2) is 4.98 Å². The first-order valence-electron chi connectivity index (χ1n) is 12.4. The van der Waals surface area contributed by atoms with E-state index in [4.69, 9.17) is 0 Å². The van der Waals surface area contributed by atoms with Gasteiger partial charge < -0.3 is 19.4 Å². The van der Waals surface area contributed by atoms with Crippen LogP contribution in [-0.4, -0.2) is 55.3 Å². The fraction of sp³-hybridized carbons (Fsp3) is 0.321. The molecule has 0 saturated carbocycles. The van der Waals surface area contributed by atoms with Gasteiger partial charge in [0.1, 0.15) is 6.04 Å². The molecule has 1 saturated heterocycles. The van der Waals surface area contributed by atoms with E-state index in [0.717, 1.165) is 42.4 Å². The zero-order valence-electron chi connectivity index (χ0n) is 19.6. The number of imidazole rings is 1. The van der Waals surface area contributed by atoms with Crippen molar-refractivity contribution in [1.29, 1.82) is 0 Å². The molecule has 4 aromatic rings. The van der Waals surface area contributed by atoms with Crippen LogP contribution in [0.1, 0.15) is 35.7 Å². The zero-order valence-corrected chi connectivity index (χ0v) is 19.6. The molecule has 178 valence electrons. The number of rotatable bonds is 7. The van der Waals surface area contributed by atoms with Crippen molar-refractivity contribution in [2.45, 2.75) is 44.3 Å². The van der Waals surface area contributed by atoms with Gasteiger partial charge in [-0.3, -0.25) is 9.59 Å². The fourth-order valence-corrected chi connectivity index (χ4v) is 5.74. The Balaban J connectivity index is 1.29. The third-order valence-electron chi connectivity index (χ3n) is 7.41. The summed E-state index contributed by atoms with van der Waals surface area (Å²) in [6.07, 6.45) is 8.43. The molecule has 2 aliphatic heterocycles. The fourth-order valence-electron chi connectivity index (χ4n) is 5.74. The number of hydrogen-bond donors (Lipinski definition) is 1. The molecule has 7 nitrogen and oxygen atoms in total. The average molecular weight is 468 g/mol. The Morgan fingerprint density at radius 1 is 1.00 bits per heavy atom. The van der Waals surface area contributed by atoms with Crippen LogP contribution in [0.25, 0.3) is 10.9 Å². The lowest BCUT2D eigenvalue weighted by molar-refractivity contribution is -0.160.